The first-order valence-electron chi connectivity index (χ1n) is 6.22. The third-order valence-electron chi connectivity index (χ3n) is 5.16. The summed E-state index contributed by atoms with van der Waals surface area (Å²) >= 11 is 0. The number of hydrogen-bond donors (Lipinski definition) is 0. The number of hydrogen-bond acceptors (Lipinski definition) is 0. The summed E-state index contributed by atoms with van der Waals surface area (Å²) < 4.78 is 0. The van der Waals surface area contributed by atoms with Gasteiger partial charge in [0.2, 0.25) is 0 Å². The predicted octanol–water partition coefficient (Wildman–Crippen LogP) is 4.17. The Balaban J connectivity index is 2.02. The highest BCUT2D eigenvalue weighted by atomic mass is 14.6. The summed E-state index contributed by atoms with van der Waals surface area (Å²) in [6.45, 7) is 7.32. The lowest BCUT2D eigenvalue weighted by Gasteiger charge is -2.32. The van der Waals surface area contributed by atoms with Gasteiger partial charge in [-0.05, 0) is 55.3 Å². The molecule has 0 amide bonds. The molecule has 3 aliphatic rings. The van der Waals surface area contributed by atoms with Gasteiger partial charge in [0, 0.05) is 0 Å². The minimum atomic E-state index is 0.616. The Kier molecular flexibility index (Phi) is 1.58. The van der Waals surface area contributed by atoms with Crippen molar-refractivity contribution in [1.82, 2.24) is 0 Å². The Bertz CT molecular complexity index is 297. The van der Waals surface area contributed by atoms with E-state index in [1.165, 1.54) is 32.1 Å². The molecule has 0 aromatic heterocycles. The third kappa shape index (κ3) is 0.951. The van der Waals surface area contributed by atoms with Gasteiger partial charge in [-0.25, -0.2) is 0 Å². The van der Waals surface area contributed by atoms with Crippen molar-refractivity contribution in [3.63, 3.8) is 0 Å². The molecule has 3 aliphatic carbocycles. The molecule has 0 bridgehead atoms. The molecule has 0 aliphatic heterocycles. The molecule has 3 rings (SSSR count). The van der Waals surface area contributed by atoms with Crippen LogP contribution >= 0.6 is 0 Å². The maximum atomic E-state index is 2.62. The van der Waals surface area contributed by atoms with E-state index in [0.717, 1.165) is 17.3 Å². The molecule has 0 N–H and O–H groups in total. The molecule has 0 aromatic carbocycles. The SMILES string of the molecule is CC1=C[C@H]2CC(C)(C)CC23CCC[C@@H]13. The van der Waals surface area contributed by atoms with E-state index in [-0.39, 0.29) is 0 Å². The number of rotatable bonds is 0. The Morgan fingerprint density at radius 1 is 1.36 bits per heavy atom. The van der Waals surface area contributed by atoms with E-state index in [0.29, 0.717) is 5.41 Å². The summed E-state index contributed by atoms with van der Waals surface area (Å²) in [5, 5.41) is 0. The molecule has 2 fully saturated rings. The molecule has 0 heteroatoms. The van der Waals surface area contributed by atoms with Gasteiger partial charge in [-0.3, -0.25) is 0 Å². The summed E-state index contributed by atoms with van der Waals surface area (Å²) in [6.07, 6.45) is 10.0. The second-order valence-electron chi connectivity index (χ2n) is 6.74. The van der Waals surface area contributed by atoms with Crippen molar-refractivity contribution in [2.75, 3.05) is 0 Å². The Morgan fingerprint density at radius 3 is 2.93 bits per heavy atom. The van der Waals surface area contributed by atoms with Crippen LogP contribution in [0.25, 0.3) is 0 Å². The van der Waals surface area contributed by atoms with E-state index in [1.54, 1.807) is 5.57 Å². The monoisotopic (exact) mass is 190 g/mol. The third-order valence-corrected chi connectivity index (χ3v) is 5.16. The minimum Gasteiger partial charge on any atom is -0.0816 e. The maximum absolute atomic E-state index is 2.62. The average molecular weight is 190 g/mol. The topological polar surface area (TPSA) is 0 Å². The Hall–Kier alpha value is -0.260. The van der Waals surface area contributed by atoms with Crippen molar-refractivity contribution in [3.05, 3.63) is 11.6 Å². The molecule has 3 atom stereocenters. The van der Waals surface area contributed by atoms with Gasteiger partial charge in [-0.1, -0.05) is 31.9 Å². The second kappa shape index (κ2) is 2.46. The van der Waals surface area contributed by atoms with Gasteiger partial charge in [-0.15, -0.1) is 0 Å². The zero-order valence-corrected chi connectivity index (χ0v) is 9.77. The summed E-state index contributed by atoms with van der Waals surface area (Å²) in [6, 6.07) is 0. The summed E-state index contributed by atoms with van der Waals surface area (Å²) in [7, 11) is 0. The van der Waals surface area contributed by atoms with E-state index in [2.05, 4.69) is 26.8 Å². The van der Waals surface area contributed by atoms with Crippen LogP contribution < -0.4 is 0 Å². The average Bonchev–Trinajstić information content (AvgIpc) is 2.60. The molecule has 14 heavy (non-hydrogen) atoms. The van der Waals surface area contributed by atoms with Gasteiger partial charge in [0.25, 0.3) is 0 Å². The fourth-order valence-electron chi connectivity index (χ4n) is 4.98. The second-order valence-corrected chi connectivity index (χ2v) is 6.74. The van der Waals surface area contributed by atoms with Gasteiger partial charge in [0.15, 0.2) is 0 Å². The van der Waals surface area contributed by atoms with Crippen molar-refractivity contribution in [1.29, 1.82) is 0 Å². The normalized spacial score (nSPS) is 48.9. The van der Waals surface area contributed by atoms with Crippen LogP contribution in [0.2, 0.25) is 0 Å². The smallest absolute Gasteiger partial charge is 0.0143 e. The van der Waals surface area contributed by atoms with Crippen LogP contribution in [0.3, 0.4) is 0 Å². The molecule has 1 unspecified atom stereocenters. The molecule has 0 radical (unpaired) electrons. The molecular weight excluding hydrogens is 168 g/mol. The first-order chi connectivity index (χ1) is 6.54. The summed E-state index contributed by atoms with van der Waals surface area (Å²) in [4.78, 5) is 0. The van der Waals surface area contributed by atoms with Crippen molar-refractivity contribution < 1.29 is 0 Å². The molecule has 0 nitrogen and oxygen atoms in total. The molecule has 1 spiro atoms. The van der Waals surface area contributed by atoms with Crippen LogP contribution in [0.4, 0.5) is 0 Å². The van der Waals surface area contributed by atoms with Crippen LogP contribution in [0.15, 0.2) is 11.6 Å². The van der Waals surface area contributed by atoms with Crippen LogP contribution in [0.1, 0.15) is 52.9 Å². The van der Waals surface area contributed by atoms with Crippen LogP contribution in [0.5, 0.6) is 0 Å². The van der Waals surface area contributed by atoms with Gasteiger partial charge in [0.05, 0.1) is 0 Å². The lowest BCUT2D eigenvalue weighted by atomic mass is 9.72. The molecule has 78 valence electrons. The number of allylic oxidation sites excluding steroid dienone is 2. The lowest BCUT2D eigenvalue weighted by Crippen LogP contribution is -2.25. The fourth-order valence-corrected chi connectivity index (χ4v) is 4.98. The first kappa shape index (κ1) is 9.00. The van der Waals surface area contributed by atoms with Crippen molar-refractivity contribution in [2.45, 2.75) is 52.9 Å². The highest BCUT2D eigenvalue weighted by molar-refractivity contribution is 5.27. The molecule has 2 saturated carbocycles. The van der Waals surface area contributed by atoms with Crippen LogP contribution in [0, 0.1) is 22.7 Å². The lowest BCUT2D eigenvalue weighted by molar-refractivity contribution is 0.193. The van der Waals surface area contributed by atoms with Gasteiger partial charge >= 0.3 is 0 Å². The van der Waals surface area contributed by atoms with E-state index < -0.39 is 0 Å². The minimum absolute atomic E-state index is 0.616. The van der Waals surface area contributed by atoms with E-state index in [1.807, 2.05) is 0 Å². The van der Waals surface area contributed by atoms with Crippen molar-refractivity contribution in [3.8, 4) is 0 Å². The first-order valence-corrected chi connectivity index (χ1v) is 6.22. The van der Waals surface area contributed by atoms with Crippen molar-refractivity contribution in [2.24, 2.45) is 22.7 Å². The zero-order valence-electron chi connectivity index (χ0n) is 9.77. The molecule has 0 aromatic rings. The standard InChI is InChI=1S/C14H22/c1-10-7-11-8-13(2,3)9-14(11)6-4-5-12(10)14/h7,11-12H,4-6,8-9H2,1-3H3/t11-,12-,14?/m0/s1. The largest absolute Gasteiger partial charge is 0.0816 e. The highest BCUT2D eigenvalue weighted by Crippen LogP contribution is 2.68. The molecule has 0 saturated heterocycles. The van der Waals surface area contributed by atoms with E-state index in [4.69, 9.17) is 0 Å². The van der Waals surface area contributed by atoms with E-state index >= 15 is 0 Å². The van der Waals surface area contributed by atoms with Gasteiger partial charge in [-0.2, -0.15) is 0 Å². The molecular formula is C14H22. The predicted molar refractivity (Wildman–Crippen MR) is 60.0 cm³/mol. The summed E-state index contributed by atoms with van der Waals surface area (Å²) in [5.41, 5.74) is 3.07. The van der Waals surface area contributed by atoms with Gasteiger partial charge < -0.3 is 0 Å². The van der Waals surface area contributed by atoms with Crippen LogP contribution in [-0.4, -0.2) is 0 Å². The van der Waals surface area contributed by atoms with Crippen LogP contribution in [-0.2, 0) is 0 Å². The Morgan fingerprint density at radius 2 is 2.14 bits per heavy atom. The maximum Gasteiger partial charge on any atom is -0.0143 e. The van der Waals surface area contributed by atoms with Crippen molar-refractivity contribution >= 4 is 0 Å². The van der Waals surface area contributed by atoms with E-state index in [9.17, 15) is 0 Å². The quantitative estimate of drug-likeness (QED) is 0.503. The highest BCUT2D eigenvalue weighted by Gasteiger charge is 2.58. The summed E-state index contributed by atoms with van der Waals surface area (Å²) in [5.74, 6) is 1.90. The zero-order chi connectivity index (χ0) is 9.97. The fraction of sp³-hybridized carbons (Fsp3) is 0.857. The van der Waals surface area contributed by atoms with Gasteiger partial charge in [0.1, 0.15) is 0 Å². The Labute approximate surface area is 87.8 Å². The molecule has 0 heterocycles.